The molecule has 7 heteroatoms. The van der Waals surface area contributed by atoms with Crippen molar-refractivity contribution in [1.29, 1.82) is 0 Å². The molecule has 0 bridgehead atoms. The van der Waals surface area contributed by atoms with Crippen molar-refractivity contribution in [2.45, 2.75) is 26.9 Å². The summed E-state index contributed by atoms with van der Waals surface area (Å²) in [6, 6.07) is 7.69. The van der Waals surface area contributed by atoms with Crippen molar-refractivity contribution in [3.05, 3.63) is 52.5 Å². The first-order valence-electron chi connectivity index (χ1n) is 8.44. The zero-order valence-corrected chi connectivity index (χ0v) is 14.8. The topological polar surface area (TPSA) is 84.5 Å². The van der Waals surface area contributed by atoms with Gasteiger partial charge in [0.1, 0.15) is 6.67 Å². The molecule has 1 aliphatic heterocycles. The van der Waals surface area contributed by atoms with Crippen LogP contribution in [0.25, 0.3) is 16.7 Å². The van der Waals surface area contributed by atoms with Crippen molar-refractivity contribution in [2.24, 2.45) is 0 Å². The third kappa shape index (κ3) is 3.93. The van der Waals surface area contributed by atoms with Gasteiger partial charge < -0.3 is 14.7 Å². The number of aromatic nitrogens is 1. The molecule has 1 N–H and O–H groups in total. The maximum Gasteiger partial charge on any atom is 0.365 e. The third-order valence-corrected chi connectivity index (χ3v) is 4.40. The summed E-state index contributed by atoms with van der Waals surface area (Å²) < 4.78 is 6.40. The van der Waals surface area contributed by atoms with Gasteiger partial charge in [-0.2, -0.15) is 4.74 Å². The van der Waals surface area contributed by atoms with Crippen molar-refractivity contribution in [3.63, 3.8) is 0 Å². The lowest BCUT2D eigenvalue weighted by atomic mass is 9.97. The van der Waals surface area contributed by atoms with Gasteiger partial charge in [-0.25, -0.2) is 4.79 Å². The largest absolute Gasteiger partial charge is 0.365 e. The van der Waals surface area contributed by atoms with E-state index in [1.165, 1.54) is 17.2 Å². The number of rotatable bonds is 4. The fourth-order valence-electron chi connectivity index (χ4n) is 2.92. The van der Waals surface area contributed by atoms with Crippen LogP contribution in [0, 0.1) is 0 Å². The van der Waals surface area contributed by atoms with E-state index in [1.54, 1.807) is 18.0 Å². The molecule has 0 fully saturated rings. The minimum Gasteiger partial charge on any atom is -0.339 e. The molecule has 1 aromatic heterocycles. The fourth-order valence-corrected chi connectivity index (χ4v) is 2.92. The van der Waals surface area contributed by atoms with Crippen LogP contribution in [0.2, 0.25) is 0 Å². The molecule has 26 heavy (non-hydrogen) atoms. The number of amides is 2. The first-order valence-corrected chi connectivity index (χ1v) is 8.44. The van der Waals surface area contributed by atoms with Crippen LogP contribution in [0.5, 0.6) is 0 Å². The predicted octanol–water partition coefficient (Wildman–Crippen LogP) is 1.84. The zero-order valence-electron chi connectivity index (χ0n) is 14.8. The Balaban J connectivity index is 1.75. The van der Waals surface area contributed by atoms with Crippen molar-refractivity contribution in [3.8, 4) is 11.1 Å². The summed E-state index contributed by atoms with van der Waals surface area (Å²) in [4.78, 5) is 36.2. The Morgan fingerprint density at radius 1 is 1.15 bits per heavy atom. The normalized spacial score (nSPS) is 14.1. The third-order valence-electron chi connectivity index (χ3n) is 4.40. The molecule has 0 atom stereocenters. The van der Waals surface area contributed by atoms with Crippen LogP contribution < -0.4 is 10.9 Å². The average molecular weight is 355 g/mol. The second-order valence-corrected chi connectivity index (χ2v) is 6.25. The minimum absolute atomic E-state index is 0.0890. The van der Waals surface area contributed by atoms with Crippen LogP contribution in [0.4, 0.5) is 0 Å². The Labute approximate surface area is 150 Å². The van der Waals surface area contributed by atoms with Crippen molar-refractivity contribution >= 4 is 17.4 Å². The van der Waals surface area contributed by atoms with Crippen LogP contribution in [0.15, 0.2) is 45.9 Å². The summed E-state index contributed by atoms with van der Waals surface area (Å²) >= 11 is 0. The highest BCUT2D eigenvalue weighted by atomic mass is 16.5. The predicted molar refractivity (Wildman–Crippen MR) is 97.1 cm³/mol. The van der Waals surface area contributed by atoms with E-state index in [4.69, 9.17) is 4.52 Å². The number of hydrogen-bond acceptors (Lipinski definition) is 4. The highest BCUT2D eigenvalue weighted by molar-refractivity contribution is 5.76. The Morgan fingerprint density at radius 2 is 1.85 bits per heavy atom. The first kappa shape index (κ1) is 17.7. The van der Waals surface area contributed by atoms with E-state index in [0.29, 0.717) is 12.1 Å². The van der Waals surface area contributed by atoms with Crippen LogP contribution in [-0.2, 0) is 16.3 Å². The van der Waals surface area contributed by atoms with Gasteiger partial charge in [0.2, 0.25) is 11.8 Å². The molecule has 2 heterocycles. The summed E-state index contributed by atoms with van der Waals surface area (Å²) in [6.07, 6.45) is 4.46. The van der Waals surface area contributed by atoms with Gasteiger partial charge in [-0.3, -0.25) is 9.59 Å². The number of carbonyl (C=O) groups is 2. The molecule has 0 aliphatic carbocycles. The molecule has 0 radical (unpaired) electrons. The molecule has 136 valence electrons. The van der Waals surface area contributed by atoms with E-state index in [2.05, 4.69) is 11.4 Å². The van der Waals surface area contributed by atoms with Crippen molar-refractivity contribution in [2.75, 3.05) is 13.1 Å². The van der Waals surface area contributed by atoms with Gasteiger partial charge in [0, 0.05) is 26.9 Å². The minimum atomic E-state index is -0.447. The lowest BCUT2D eigenvalue weighted by molar-refractivity contribution is -0.128. The van der Waals surface area contributed by atoms with Gasteiger partial charge in [-0.15, -0.1) is 0 Å². The lowest BCUT2D eigenvalue weighted by Crippen LogP contribution is -2.32. The van der Waals surface area contributed by atoms with Crippen LogP contribution >= 0.6 is 0 Å². The highest BCUT2D eigenvalue weighted by Gasteiger charge is 2.15. The quantitative estimate of drug-likeness (QED) is 0.907. The summed E-state index contributed by atoms with van der Waals surface area (Å²) in [5.41, 5.74) is 3.04. The van der Waals surface area contributed by atoms with E-state index in [0.717, 1.165) is 24.1 Å². The SMILES string of the molecule is CC(=O)NCn1cc(-c2ccc(C3=CCN(C(C)=O)CC3)cc2)c(=O)o1. The van der Waals surface area contributed by atoms with E-state index in [-0.39, 0.29) is 18.5 Å². The second kappa shape index (κ2) is 7.43. The molecule has 2 amide bonds. The van der Waals surface area contributed by atoms with E-state index < -0.39 is 5.63 Å². The Hall–Kier alpha value is -3.09. The Kier molecular flexibility index (Phi) is 5.06. The van der Waals surface area contributed by atoms with Crippen molar-refractivity contribution in [1.82, 2.24) is 15.0 Å². The summed E-state index contributed by atoms with van der Waals surface area (Å²) in [5.74, 6) is -0.109. The van der Waals surface area contributed by atoms with Crippen molar-refractivity contribution < 1.29 is 14.1 Å². The summed E-state index contributed by atoms with van der Waals surface area (Å²) in [7, 11) is 0. The van der Waals surface area contributed by atoms with Crippen LogP contribution in [0.3, 0.4) is 0 Å². The maximum absolute atomic E-state index is 12.0. The summed E-state index contributed by atoms with van der Waals surface area (Å²) in [5, 5.41) is 2.57. The molecule has 0 unspecified atom stereocenters. The highest BCUT2D eigenvalue weighted by Crippen LogP contribution is 2.25. The zero-order chi connectivity index (χ0) is 18.7. The average Bonchev–Trinajstić information content (AvgIpc) is 3.01. The Morgan fingerprint density at radius 3 is 2.42 bits per heavy atom. The number of hydrogen-bond donors (Lipinski definition) is 1. The maximum atomic E-state index is 12.0. The fraction of sp³-hybridized carbons (Fsp3) is 0.316. The van der Waals surface area contributed by atoms with Crippen LogP contribution in [0.1, 0.15) is 25.8 Å². The summed E-state index contributed by atoms with van der Waals surface area (Å²) in [6.45, 7) is 4.44. The van der Waals surface area contributed by atoms with Gasteiger partial charge in [0.05, 0.1) is 11.8 Å². The van der Waals surface area contributed by atoms with Gasteiger partial charge in [-0.05, 0) is 23.1 Å². The number of nitrogens with zero attached hydrogens (tertiary/aromatic N) is 2. The molecule has 0 saturated carbocycles. The van der Waals surface area contributed by atoms with E-state index in [9.17, 15) is 14.4 Å². The van der Waals surface area contributed by atoms with Gasteiger partial charge in [0.15, 0.2) is 0 Å². The van der Waals surface area contributed by atoms with E-state index >= 15 is 0 Å². The molecule has 1 aliphatic rings. The molecule has 2 aromatic rings. The standard InChI is InChI=1S/C19H21N3O4/c1-13(23)20-12-22-11-18(19(25)26-22)17-5-3-15(4-6-17)16-7-9-21(10-8-16)14(2)24/h3-7,11H,8-10,12H2,1-2H3,(H,20,23). The number of benzene rings is 1. The smallest absolute Gasteiger partial charge is 0.339 e. The molecule has 0 saturated heterocycles. The number of nitrogens with one attached hydrogen (secondary N) is 1. The number of carbonyl (C=O) groups excluding carboxylic acids is 2. The molecule has 7 nitrogen and oxygen atoms in total. The molecule has 1 aromatic carbocycles. The van der Waals surface area contributed by atoms with Gasteiger partial charge in [0.25, 0.3) is 0 Å². The van der Waals surface area contributed by atoms with Gasteiger partial charge >= 0.3 is 5.63 Å². The second-order valence-electron chi connectivity index (χ2n) is 6.25. The molecular formula is C19H21N3O4. The molecule has 3 rings (SSSR count). The molecular weight excluding hydrogens is 334 g/mol. The van der Waals surface area contributed by atoms with Gasteiger partial charge in [-0.1, -0.05) is 30.3 Å². The van der Waals surface area contributed by atoms with E-state index in [1.807, 2.05) is 24.3 Å². The van der Waals surface area contributed by atoms with Crippen LogP contribution in [-0.4, -0.2) is 34.5 Å². The monoisotopic (exact) mass is 355 g/mol. The lowest BCUT2D eigenvalue weighted by Gasteiger charge is -2.25. The molecule has 0 spiro atoms. The first-order chi connectivity index (χ1) is 12.4. The Bertz CT molecular complexity index is 906.